The summed E-state index contributed by atoms with van der Waals surface area (Å²) in [4.78, 5) is 14.2. The predicted octanol–water partition coefficient (Wildman–Crippen LogP) is 1.57. The first-order valence-electron chi connectivity index (χ1n) is 7.02. The van der Waals surface area contributed by atoms with E-state index in [9.17, 15) is 9.18 Å². The summed E-state index contributed by atoms with van der Waals surface area (Å²) in [5.74, 6) is -0.515. The molecule has 0 unspecified atom stereocenters. The highest BCUT2D eigenvalue weighted by Gasteiger charge is 2.29. The number of amides is 1. The van der Waals surface area contributed by atoms with Crippen molar-refractivity contribution < 1.29 is 9.18 Å². The van der Waals surface area contributed by atoms with Crippen LogP contribution in [0.25, 0.3) is 5.69 Å². The fourth-order valence-electron chi connectivity index (χ4n) is 2.70. The molecule has 1 saturated heterocycles. The molecule has 1 aromatic carbocycles. The Kier molecular flexibility index (Phi) is 3.70. The highest BCUT2D eigenvalue weighted by Crippen LogP contribution is 2.19. The lowest BCUT2D eigenvalue weighted by Crippen LogP contribution is -2.40. The third kappa shape index (κ3) is 2.54. The highest BCUT2D eigenvalue weighted by molar-refractivity contribution is 5.92. The maximum atomic E-state index is 13.7. The van der Waals surface area contributed by atoms with E-state index < -0.39 is 0 Å². The topological polar surface area (TPSA) is 64.2 Å². The number of halogens is 1. The molecule has 1 atom stereocenters. The number of nitrogens with zero attached hydrogens (tertiary/aromatic N) is 3. The molecule has 0 spiro atoms. The first kappa shape index (κ1) is 13.8. The number of likely N-dealkylation sites (tertiary alicyclic amines) is 1. The zero-order valence-electron chi connectivity index (χ0n) is 11.6. The lowest BCUT2D eigenvalue weighted by Gasteiger charge is -2.22. The van der Waals surface area contributed by atoms with E-state index in [4.69, 9.17) is 5.73 Å². The lowest BCUT2D eigenvalue weighted by molar-refractivity contribution is 0.0734. The number of hydrogen-bond acceptors (Lipinski definition) is 3. The number of carbonyl (C=O) groups excluding carboxylic acids is 1. The fraction of sp³-hybridized carbons (Fsp3) is 0.333. The molecule has 5 nitrogen and oxygen atoms in total. The van der Waals surface area contributed by atoms with Crippen LogP contribution in [0.1, 0.15) is 23.3 Å². The van der Waals surface area contributed by atoms with Crippen molar-refractivity contribution in [2.45, 2.75) is 18.9 Å². The minimum absolute atomic E-state index is 0.0797. The molecular formula is C15H17FN4O. The molecule has 1 aromatic heterocycles. The van der Waals surface area contributed by atoms with Gasteiger partial charge in [-0.05, 0) is 31.0 Å². The zero-order valence-corrected chi connectivity index (χ0v) is 11.6. The summed E-state index contributed by atoms with van der Waals surface area (Å²) in [6, 6.07) is 8.02. The summed E-state index contributed by atoms with van der Waals surface area (Å²) in [7, 11) is 0. The monoisotopic (exact) mass is 288 g/mol. The summed E-state index contributed by atoms with van der Waals surface area (Å²) >= 11 is 0. The van der Waals surface area contributed by atoms with Crippen LogP contribution in [0.5, 0.6) is 0 Å². The molecule has 21 heavy (non-hydrogen) atoms. The van der Waals surface area contributed by atoms with E-state index in [1.54, 1.807) is 35.4 Å². The molecule has 2 aromatic rings. The highest BCUT2D eigenvalue weighted by atomic mass is 19.1. The van der Waals surface area contributed by atoms with E-state index in [0.29, 0.717) is 24.5 Å². The number of benzene rings is 1. The standard InChI is InChI=1S/C15H17FN4O/c16-12-5-1-2-6-14(12)20-9-7-13(18-20)15(21)19-8-3-4-11(19)10-17/h1-2,5-7,9,11H,3-4,8,10,17H2/t11-/m1/s1. The molecule has 0 radical (unpaired) electrons. The molecule has 2 N–H and O–H groups in total. The summed E-state index contributed by atoms with van der Waals surface area (Å²) < 4.78 is 15.1. The summed E-state index contributed by atoms with van der Waals surface area (Å²) in [5.41, 5.74) is 6.33. The Hall–Kier alpha value is -2.21. The third-order valence-corrected chi connectivity index (χ3v) is 3.82. The van der Waals surface area contributed by atoms with Crippen LogP contribution in [0, 0.1) is 5.82 Å². The molecule has 110 valence electrons. The summed E-state index contributed by atoms with van der Waals surface area (Å²) in [6.07, 6.45) is 3.48. The van der Waals surface area contributed by atoms with Crippen molar-refractivity contribution >= 4 is 5.91 Å². The number of rotatable bonds is 3. The van der Waals surface area contributed by atoms with Crippen LogP contribution in [0.4, 0.5) is 4.39 Å². The van der Waals surface area contributed by atoms with E-state index in [-0.39, 0.29) is 17.8 Å². The van der Waals surface area contributed by atoms with E-state index in [0.717, 1.165) is 12.8 Å². The van der Waals surface area contributed by atoms with Crippen LogP contribution >= 0.6 is 0 Å². The predicted molar refractivity (Wildman–Crippen MR) is 76.6 cm³/mol. The van der Waals surface area contributed by atoms with Gasteiger partial charge in [0.15, 0.2) is 5.69 Å². The van der Waals surface area contributed by atoms with Crippen LogP contribution in [0.15, 0.2) is 36.5 Å². The Labute approximate surface area is 122 Å². The quantitative estimate of drug-likeness (QED) is 0.932. The summed E-state index contributed by atoms with van der Waals surface area (Å²) in [5, 5.41) is 4.20. The van der Waals surface area contributed by atoms with Gasteiger partial charge in [-0.15, -0.1) is 0 Å². The van der Waals surface area contributed by atoms with Crippen LogP contribution < -0.4 is 5.73 Å². The van der Waals surface area contributed by atoms with Gasteiger partial charge in [-0.1, -0.05) is 12.1 Å². The van der Waals surface area contributed by atoms with Gasteiger partial charge in [0.2, 0.25) is 0 Å². The Morgan fingerprint density at radius 3 is 2.95 bits per heavy atom. The van der Waals surface area contributed by atoms with Gasteiger partial charge < -0.3 is 10.6 Å². The molecule has 0 saturated carbocycles. The minimum Gasteiger partial charge on any atom is -0.333 e. The first-order chi connectivity index (χ1) is 10.2. The molecule has 3 rings (SSSR count). The number of aromatic nitrogens is 2. The van der Waals surface area contributed by atoms with Gasteiger partial charge in [-0.2, -0.15) is 5.10 Å². The van der Waals surface area contributed by atoms with E-state index in [1.165, 1.54) is 10.7 Å². The smallest absolute Gasteiger partial charge is 0.274 e. The molecule has 1 fully saturated rings. The van der Waals surface area contributed by atoms with Crippen molar-refractivity contribution in [1.29, 1.82) is 0 Å². The Balaban J connectivity index is 1.85. The Morgan fingerprint density at radius 2 is 2.19 bits per heavy atom. The lowest BCUT2D eigenvalue weighted by atomic mass is 10.2. The molecule has 1 amide bonds. The molecule has 0 bridgehead atoms. The molecule has 6 heteroatoms. The molecule has 1 aliphatic rings. The molecule has 2 heterocycles. The molecule has 0 aliphatic carbocycles. The Bertz CT molecular complexity index is 655. The summed E-state index contributed by atoms with van der Waals surface area (Å²) in [6.45, 7) is 1.16. The number of carbonyl (C=O) groups is 1. The molecular weight excluding hydrogens is 271 g/mol. The first-order valence-corrected chi connectivity index (χ1v) is 7.02. The van der Waals surface area contributed by atoms with Crippen LogP contribution in [0.3, 0.4) is 0 Å². The van der Waals surface area contributed by atoms with Gasteiger partial charge in [0.05, 0.1) is 0 Å². The maximum absolute atomic E-state index is 13.7. The number of hydrogen-bond donors (Lipinski definition) is 1. The largest absolute Gasteiger partial charge is 0.333 e. The van der Waals surface area contributed by atoms with Crippen molar-refractivity contribution in [2.75, 3.05) is 13.1 Å². The Morgan fingerprint density at radius 1 is 1.38 bits per heavy atom. The van der Waals surface area contributed by atoms with Crippen molar-refractivity contribution in [2.24, 2.45) is 5.73 Å². The van der Waals surface area contributed by atoms with Crippen LogP contribution in [-0.2, 0) is 0 Å². The van der Waals surface area contributed by atoms with Crippen molar-refractivity contribution in [1.82, 2.24) is 14.7 Å². The van der Waals surface area contributed by atoms with Gasteiger partial charge in [-0.3, -0.25) is 4.79 Å². The van der Waals surface area contributed by atoms with Gasteiger partial charge in [0.25, 0.3) is 5.91 Å². The number of nitrogens with two attached hydrogens (primary N) is 1. The van der Waals surface area contributed by atoms with Crippen LogP contribution in [0.2, 0.25) is 0 Å². The second-order valence-electron chi connectivity index (χ2n) is 5.13. The average Bonchev–Trinajstić information content (AvgIpc) is 3.16. The average molecular weight is 288 g/mol. The van der Waals surface area contributed by atoms with Gasteiger partial charge >= 0.3 is 0 Å². The maximum Gasteiger partial charge on any atom is 0.274 e. The van der Waals surface area contributed by atoms with Gasteiger partial charge in [-0.25, -0.2) is 9.07 Å². The zero-order chi connectivity index (χ0) is 14.8. The minimum atomic E-state index is -0.374. The van der Waals surface area contributed by atoms with Crippen molar-refractivity contribution in [3.8, 4) is 5.69 Å². The van der Waals surface area contributed by atoms with Gasteiger partial charge in [0.1, 0.15) is 11.5 Å². The van der Waals surface area contributed by atoms with Crippen molar-refractivity contribution in [3.05, 3.63) is 48.0 Å². The normalized spacial score (nSPS) is 18.2. The fourth-order valence-corrected chi connectivity index (χ4v) is 2.70. The SMILES string of the molecule is NC[C@H]1CCCN1C(=O)c1ccn(-c2ccccc2F)n1. The second-order valence-corrected chi connectivity index (χ2v) is 5.13. The van der Waals surface area contributed by atoms with E-state index >= 15 is 0 Å². The van der Waals surface area contributed by atoms with E-state index in [2.05, 4.69) is 5.10 Å². The molecule has 1 aliphatic heterocycles. The van der Waals surface area contributed by atoms with Crippen LogP contribution in [-0.4, -0.2) is 39.7 Å². The second kappa shape index (κ2) is 5.65. The number of para-hydroxylation sites is 1. The van der Waals surface area contributed by atoms with E-state index in [1.807, 2.05) is 0 Å². The van der Waals surface area contributed by atoms with Crippen molar-refractivity contribution in [3.63, 3.8) is 0 Å². The third-order valence-electron chi connectivity index (χ3n) is 3.82. The van der Waals surface area contributed by atoms with Gasteiger partial charge in [0, 0.05) is 25.3 Å².